The quantitative estimate of drug-likeness (QED) is 0.291. The third-order valence-corrected chi connectivity index (χ3v) is 5.46. The second-order valence-electron chi connectivity index (χ2n) is 8.14. The van der Waals surface area contributed by atoms with Crippen molar-refractivity contribution in [3.05, 3.63) is 35.9 Å². The third kappa shape index (κ3) is 10.7. The average molecular weight is 419 g/mol. The summed E-state index contributed by atoms with van der Waals surface area (Å²) in [4.78, 5) is 25.0. The molecule has 0 fully saturated rings. The number of primary amides is 1. The van der Waals surface area contributed by atoms with E-state index < -0.39 is 18.0 Å². The maximum absolute atomic E-state index is 13.2. The Kier molecular flexibility index (Phi) is 13.8. The van der Waals surface area contributed by atoms with Crippen molar-refractivity contribution in [2.24, 2.45) is 11.5 Å². The molecule has 0 aliphatic carbocycles. The molecule has 6 nitrogen and oxygen atoms in total. The van der Waals surface area contributed by atoms with E-state index >= 15 is 0 Å². The fraction of sp³-hybridized carbons (Fsp3) is 0.667. The molecular formula is C24H42N4O2. The Balaban J connectivity index is 2.90. The normalized spacial score (nSPS) is 13.2. The van der Waals surface area contributed by atoms with E-state index in [-0.39, 0.29) is 11.9 Å². The number of hydrogen-bond acceptors (Lipinski definition) is 4. The largest absolute Gasteiger partial charge is 0.368 e. The van der Waals surface area contributed by atoms with Crippen LogP contribution in [-0.4, -0.2) is 36.5 Å². The molecule has 1 rings (SSSR count). The van der Waals surface area contributed by atoms with Crippen LogP contribution in [0.3, 0.4) is 0 Å². The summed E-state index contributed by atoms with van der Waals surface area (Å²) in [6, 6.07) is 9.22. The lowest BCUT2D eigenvalue weighted by molar-refractivity contribution is -0.129. The molecule has 0 saturated carbocycles. The molecule has 6 N–H and O–H groups in total. The first-order valence-electron chi connectivity index (χ1n) is 11.6. The summed E-state index contributed by atoms with van der Waals surface area (Å²) in [6.07, 6.45) is 9.28. The molecule has 0 aliphatic rings. The van der Waals surface area contributed by atoms with Gasteiger partial charge in [0.25, 0.3) is 0 Å². The van der Waals surface area contributed by atoms with Crippen LogP contribution in [0.25, 0.3) is 0 Å². The van der Waals surface area contributed by atoms with Gasteiger partial charge in [0.2, 0.25) is 11.8 Å². The number of hydrogen-bond donors (Lipinski definition) is 4. The zero-order valence-electron chi connectivity index (χ0n) is 18.9. The van der Waals surface area contributed by atoms with Crippen molar-refractivity contribution in [1.29, 1.82) is 0 Å². The van der Waals surface area contributed by atoms with Crippen molar-refractivity contribution < 1.29 is 9.59 Å². The van der Waals surface area contributed by atoms with Crippen molar-refractivity contribution in [3.63, 3.8) is 0 Å². The number of carbonyl (C=O) groups is 2. The average Bonchev–Trinajstić information content (AvgIpc) is 2.74. The van der Waals surface area contributed by atoms with E-state index in [1.54, 1.807) is 0 Å². The van der Waals surface area contributed by atoms with E-state index in [9.17, 15) is 9.59 Å². The Morgan fingerprint density at radius 3 is 2.07 bits per heavy atom. The smallest absolute Gasteiger partial charge is 0.240 e. The molecule has 6 heteroatoms. The van der Waals surface area contributed by atoms with Gasteiger partial charge in [0.05, 0.1) is 6.04 Å². The lowest BCUT2D eigenvalue weighted by Gasteiger charge is -2.27. The van der Waals surface area contributed by atoms with Crippen LogP contribution in [0.15, 0.2) is 30.3 Å². The van der Waals surface area contributed by atoms with Crippen molar-refractivity contribution in [3.8, 4) is 0 Å². The summed E-state index contributed by atoms with van der Waals surface area (Å²) in [5.74, 6) is -0.652. The van der Waals surface area contributed by atoms with Gasteiger partial charge in [-0.2, -0.15) is 0 Å². The molecule has 0 spiro atoms. The van der Waals surface area contributed by atoms with Gasteiger partial charge in [0.1, 0.15) is 6.04 Å². The molecule has 0 aliphatic heterocycles. The van der Waals surface area contributed by atoms with Gasteiger partial charge in [-0.25, -0.2) is 0 Å². The highest BCUT2D eigenvalue weighted by molar-refractivity contribution is 5.89. The number of unbranched alkanes of at least 4 members (excludes halogenated alkanes) is 3. The van der Waals surface area contributed by atoms with E-state index in [1.807, 2.05) is 30.3 Å². The maximum atomic E-state index is 13.2. The molecule has 0 saturated heterocycles. The third-order valence-electron chi connectivity index (χ3n) is 5.46. The molecule has 0 aromatic heterocycles. The number of carbonyl (C=O) groups excluding carboxylic acids is 2. The summed E-state index contributed by atoms with van der Waals surface area (Å²) in [7, 11) is 0. The lowest BCUT2D eigenvalue weighted by atomic mass is 9.99. The number of nitrogens with one attached hydrogen (secondary N) is 2. The number of nitrogens with two attached hydrogens (primary N) is 2. The minimum Gasteiger partial charge on any atom is -0.368 e. The standard InChI is InChI=1S/C24H42N4O2/c1-3-5-14-20(15-6-4-2)27-22(18-19-12-8-7-9-13-19)24(30)28-21(23(26)29)16-10-11-17-25/h7-9,12-13,20-22,27H,3-6,10-11,14-18,25H2,1-2H3,(H2,26,29)(H,28,30)/t21-,22-/m0/s1. The predicted molar refractivity (Wildman–Crippen MR) is 124 cm³/mol. The number of rotatable bonds is 17. The van der Waals surface area contributed by atoms with E-state index in [1.165, 1.54) is 0 Å². The lowest BCUT2D eigenvalue weighted by Crippen LogP contribution is -2.54. The second kappa shape index (κ2) is 15.9. The highest BCUT2D eigenvalue weighted by atomic mass is 16.2. The zero-order chi connectivity index (χ0) is 22.2. The summed E-state index contributed by atoms with van der Waals surface area (Å²) in [6.45, 7) is 4.93. The molecule has 0 heterocycles. The van der Waals surface area contributed by atoms with Crippen LogP contribution in [0.2, 0.25) is 0 Å². The predicted octanol–water partition coefficient (Wildman–Crippen LogP) is 3.04. The fourth-order valence-corrected chi connectivity index (χ4v) is 3.62. The second-order valence-corrected chi connectivity index (χ2v) is 8.14. The molecule has 2 atom stereocenters. The number of amides is 2. The van der Waals surface area contributed by atoms with Crippen LogP contribution in [0, 0.1) is 0 Å². The first kappa shape index (κ1) is 26.1. The van der Waals surface area contributed by atoms with Crippen LogP contribution in [0.1, 0.15) is 77.2 Å². The minimum absolute atomic E-state index is 0.159. The molecule has 2 amide bonds. The number of benzene rings is 1. The summed E-state index contributed by atoms with van der Waals surface area (Å²) in [5, 5.41) is 6.50. The minimum atomic E-state index is -0.658. The Morgan fingerprint density at radius 2 is 1.53 bits per heavy atom. The Hall–Kier alpha value is -1.92. The van der Waals surface area contributed by atoms with E-state index in [4.69, 9.17) is 11.5 Å². The maximum Gasteiger partial charge on any atom is 0.240 e. The van der Waals surface area contributed by atoms with Crippen LogP contribution in [-0.2, 0) is 16.0 Å². The van der Waals surface area contributed by atoms with Gasteiger partial charge < -0.3 is 22.1 Å². The van der Waals surface area contributed by atoms with Gasteiger partial charge in [0.15, 0.2) is 0 Å². The zero-order valence-corrected chi connectivity index (χ0v) is 18.9. The van der Waals surface area contributed by atoms with E-state index in [0.29, 0.717) is 19.4 Å². The van der Waals surface area contributed by atoms with Crippen LogP contribution in [0.5, 0.6) is 0 Å². The summed E-state index contributed by atoms with van der Waals surface area (Å²) >= 11 is 0. The molecule has 0 unspecified atom stereocenters. The van der Waals surface area contributed by atoms with Crippen LogP contribution < -0.4 is 22.1 Å². The van der Waals surface area contributed by atoms with Crippen LogP contribution in [0.4, 0.5) is 0 Å². The molecule has 0 bridgehead atoms. The van der Waals surface area contributed by atoms with Gasteiger partial charge in [-0.3, -0.25) is 9.59 Å². The van der Waals surface area contributed by atoms with Crippen molar-refractivity contribution in [2.45, 2.75) is 96.2 Å². The van der Waals surface area contributed by atoms with E-state index in [2.05, 4.69) is 24.5 Å². The van der Waals surface area contributed by atoms with Gasteiger partial charge in [-0.15, -0.1) is 0 Å². The topological polar surface area (TPSA) is 110 Å². The van der Waals surface area contributed by atoms with Crippen molar-refractivity contribution in [2.75, 3.05) is 6.54 Å². The summed E-state index contributed by atoms with van der Waals surface area (Å²) in [5.41, 5.74) is 12.2. The monoisotopic (exact) mass is 418 g/mol. The SMILES string of the molecule is CCCCC(CCCC)N[C@@H](Cc1ccccc1)C(=O)N[C@@H](CCCCN)C(N)=O. The van der Waals surface area contributed by atoms with Crippen molar-refractivity contribution >= 4 is 11.8 Å². The highest BCUT2D eigenvalue weighted by Crippen LogP contribution is 2.12. The van der Waals surface area contributed by atoms with Gasteiger partial charge in [-0.1, -0.05) is 69.9 Å². The Bertz CT molecular complexity index is 586. The molecule has 0 radical (unpaired) electrons. The van der Waals surface area contributed by atoms with Crippen LogP contribution >= 0.6 is 0 Å². The molecule has 1 aromatic carbocycles. The van der Waals surface area contributed by atoms with Gasteiger partial charge >= 0.3 is 0 Å². The fourth-order valence-electron chi connectivity index (χ4n) is 3.62. The first-order valence-corrected chi connectivity index (χ1v) is 11.6. The Labute approximate surface area is 182 Å². The van der Waals surface area contributed by atoms with Crippen molar-refractivity contribution in [1.82, 2.24) is 10.6 Å². The van der Waals surface area contributed by atoms with E-state index in [0.717, 1.165) is 56.9 Å². The first-order chi connectivity index (χ1) is 14.5. The highest BCUT2D eigenvalue weighted by Gasteiger charge is 2.26. The Morgan fingerprint density at radius 1 is 0.900 bits per heavy atom. The molecule has 1 aromatic rings. The van der Waals surface area contributed by atoms with Gasteiger partial charge in [0, 0.05) is 6.04 Å². The van der Waals surface area contributed by atoms with Gasteiger partial charge in [-0.05, 0) is 50.6 Å². The summed E-state index contributed by atoms with van der Waals surface area (Å²) < 4.78 is 0. The molecule has 30 heavy (non-hydrogen) atoms. The molecule has 170 valence electrons. The molecular weight excluding hydrogens is 376 g/mol.